The molecule has 0 spiro atoms. The van der Waals surface area contributed by atoms with E-state index in [1.165, 1.54) is 0 Å². The van der Waals surface area contributed by atoms with Crippen molar-refractivity contribution in [3.8, 4) is 11.5 Å². The SMILES string of the molecule is CCC(=O)Nc1ccc(Nc2ccccc2Oc2ccccc2)nc1. The summed E-state index contributed by atoms with van der Waals surface area (Å²) < 4.78 is 5.93. The van der Waals surface area contributed by atoms with Crippen molar-refractivity contribution in [1.82, 2.24) is 4.98 Å². The van der Waals surface area contributed by atoms with Crippen molar-refractivity contribution in [3.63, 3.8) is 0 Å². The van der Waals surface area contributed by atoms with E-state index < -0.39 is 0 Å². The van der Waals surface area contributed by atoms with Gasteiger partial charge in [-0.2, -0.15) is 0 Å². The molecule has 0 atom stereocenters. The Balaban J connectivity index is 1.73. The van der Waals surface area contributed by atoms with Crippen LogP contribution in [-0.2, 0) is 4.79 Å². The van der Waals surface area contributed by atoms with Crippen LogP contribution in [0.15, 0.2) is 72.9 Å². The van der Waals surface area contributed by atoms with Crippen LogP contribution in [0.5, 0.6) is 11.5 Å². The van der Waals surface area contributed by atoms with Crippen LogP contribution in [0, 0.1) is 0 Å². The first-order valence-corrected chi connectivity index (χ1v) is 8.09. The number of amides is 1. The molecular weight excluding hydrogens is 314 g/mol. The van der Waals surface area contributed by atoms with Gasteiger partial charge in [-0.1, -0.05) is 37.3 Å². The number of carbonyl (C=O) groups is 1. The van der Waals surface area contributed by atoms with Crippen molar-refractivity contribution >= 4 is 23.1 Å². The fraction of sp³-hybridized carbons (Fsp3) is 0.100. The molecule has 0 aliphatic rings. The number of para-hydroxylation sites is 3. The Bertz CT molecular complexity index is 833. The number of hydrogen-bond donors (Lipinski definition) is 2. The van der Waals surface area contributed by atoms with Gasteiger partial charge in [-0.25, -0.2) is 4.98 Å². The molecule has 0 aliphatic carbocycles. The van der Waals surface area contributed by atoms with Crippen LogP contribution < -0.4 is 15.4 Å². The highest BCUT2D eigenvalue weighted by molar-refractivity contribution is 5.90. The number of nitrogens with zero attached hydrogens (tertiary/aromatic N) is 1. The van der Waals surface area contributed by atoms with Gasteiger partial charge in [0.1, 0.15) is 11.6 Å². The van der Waals surface area contributed by atoms with Crippen molar-refractivity contribution in [2.75, 3.05) is 10.6 Å². The molecule has 5 nitrogen and oxygen atoms in total. The lowest BCUT2D eigenvalue weighted by Gasteiger charge is -2.13. The van der Waals surface area contributed by atoms with Gasteiger partial charge in [0, 0.05) is 6.42 Å². The number of pyridine rings is 1. The number of ether oxygens (including phenoxy) is 1. The van der Waals surface area contributed by atoms with E-state index >= 15 is 0 Å². The van der Waals surface area contributed by atoms with E-state index in [2.05, 4.69) is 15.6 Å². The molecule has 0 unspecified atom stereocenters. The highest BCUT2D eigenvalue weighted by Crippen LogP contribution is 2.31. The summed E-state index contributed by atoms with van der Waals surface area (Å²) in [7, 11) is 0. The Kier molecular flexibility index (Phi) is 5.26. The van der Waals surface area contributed by atoms with Crippen molar-refractivity contribution in [2.45, 2.75) is 13.3 Å². The fourth-order valence-corrected chi connectivity index (χ4v) is 2.20. The van der Waals surface area contributed by atoms with Gasteiger partial charge < -0.3 is 15.4 Å². The third-order valence-electron chi connectivity index (χ3n) is 3.49. The second kappa shape index (κ2) is 7.97. The minimum absolute atomic E-state index is 0.0379. The summed E-state index contributed by atoms with van der Waals surface area (Å²) in [6.07, 6.45) is 2.06. The average molecular weight is 333 g/mol. The summed E-state index contributed by atoms with van der Waals surface area (Å²) in [6, 6.07) is 20.9. The van der Waals surface area contributed by atoms with Crippen molar-refractivity contribution in [1.29, 1.82) is 0 Å². The van der Waals surface area contributed by atoms with Crippen LogP contribution in [-0.4, -0.2) is 10.9 Å². The van der Waals surface area contributed by atoms with Gasteiger partial charge in [0.15, 0.2) is 5.75 Å². The van der Waals surface area contributed by atoms with Gasteiger partial charge in [0.25, 0.3) is 0 Å². The molecule has 0 radical (unpaired) electrons. The Morgan fingerprint density at radius 3 is 2.48 bits per heavy atom. The lowest BCUT2D eigenvalue weighted by molar-refractivity contribution is -0.115. The number of aromatic nitrogens is 1. The van der Waals surface area contributed by atoms with E-state index in [1.54, 1.807) is 6.20 Å². The fourth-order valence-electron chi connectivity index (χ4n) is 2.20. The van der Waals surface area contributed by atoms with E-state index in [-0.39, 0.29) is 5.91 Å². The predicted molar refractivity (Wildman–Crippen MR) is 99.4 cm³/mol. The summed E-state index contributed by atoms with van der Waals surface area (Å²) in [5, 5.41) is 6.01. The summed E-state index contributed by atoms with van der Waals surface area (Å²) >= 11 is 0. The van der Waals surface area contributed by atoms with Crippen LogP contribution in [0.1, 0.15) is 13.3 Å². The first kappa shape index (κ1) is 16.5. The smallest absolute Gasteiger partial charge is 0.224 e. The molecule has 3 aromatic rings. The maximum Gasteiger partial charge on any atom is 0.224 e. The van der Waals surface area contributed by atoms with Crippen LogP contribution in [0.3, 0.4) is 0 Å². The number of nitrogens with one attached hydrogen (secondary N) is 2. The standard InChI is InChI=1S/C20H19N3O2/c1-2-20(24)22-15-12-13-19(21-14-15)23-17-10-6-7-11-18(17)25-16-8-4-3-5-9-16/h3-14H,2H2,1H3,(H,21,23)(H,22,24). The largest absolute Gasteiger partial charge is 0.455 e. The van der Waals surface area contributed by atoms with Gasteiger partial charge >= 0.3 is 0 Å². The molecule has 126 valence electrons. The van der Waals surface area contributed by atoms with Crippen molar-refractivity contribution in [3.05, 3.63) is 72.9 Å². The van der Waals surface area contributed by atoms with Gasteiger partial charge in [0.05, 0.1) is 17.6 Å². The first-order valence-electron chi connectivity index (χ1n) is 8.09. The van der Waals surface area contributed by atoms with E-state index in [4.69, 9.17) is 4.74 Å². The number of hydrogen-bond acceptors (Lipinski definition) is 4. The van der Waals surface area contributed by atoms with E-state index in [1.807, 2.05) is 73.7 Å². The van der Waals surface area contributed by atoms with Gasteiger partial charge in [-0.3, -0.25) is 4.79 Å². The molecule has 0 fully saturated rings. The second-order valence-electron chi connectivity index (χ2n) is 5.37. The third-order valence-corrected chi connectivity index (χ3v) is 3.49. The van der Waals surface area contributed by atoms with Crippen LogP contribution in [0.2, 0.25) is 0 Å². The van der Waals surface area contributed by atoms with Gasteiger partial charge in [-0.15, -0.1) is 0 Å². The lowest BCUT2D eigenvalue weighted by Crippen LogP contribution is -2.09. The quantitative estimate of drug-likeness (QED) is 0.669. The molecule has 1 heterocycles. The molecule has 0 bridgehead atoms. The summed E-state index contributed by atoms with van der Waals surface area (Å²) in [4.78, 5) is 15.7. The summed E-state index contributed by atoms with van der Waals surface area (Å²) in [5.41, 5.74) is 1.48. The predicted octanol–water partition coefficient (Wildman–Crippen LogP) is 4.97. The number of rotatable bonds is 6. The molecule has 2 aromatic carbocycles. The monoisotopic (exact) mass is 333 g/mol. The highest BCUT2D eigenvalue weighted by atomic mass is 16.5. The number of benzene rings is 2. The Morgan fingerprint density at radius 2 is 1.76 bits per heavy atom. The van der Waals surface area contributed by atoms with E-state index in [0.717, 1.165) is 11.4 Å². The Labute approximate surface area is 146 Å². The minimum Gasteiger partial charge on any atom is -0.455 e. The highest BCUT2D eigenvalue weighted by Gasteiger charge is 2.06. The van der Waals surface area contributed by atoms with Crippen molar-refractivity contribution in [2.24, 2.45) is 0 Å². The maximum absolute atomic E-state index is 11.4. The van der Waals surface area contributed by atoms with Gasteiger partial charge in [-0.05, 0) is 36.4 Å². The van der Waals surface area contributed by atoms with E-state index in [9.17, 15) is 4.79 Å². The molecule has 3 rings (SSSR count). The molecule has 0 saturated carbocycles. The number of anilines is 3. The molecule has 1 amide bonds. The van der Waals surface area contributed by atoms with Crippen molar-refractivity contribution < 1.29 is 9.53 Å². The summed E-state index contributed by atoms with van der Waals surface area (Å²) in [5.74, 6) is 2.10. The molecule has 0 saturated heterocycles. The zero-order valence-corrected chi connectivity index (χ0v) is 13.9. The van der Waals surface area contributed by atoms with Crippen LogP contribution >= 0.6 is 0 Å². The van der Waals surface area contributed by atoms with Gasteiger partial charge in [0.2, 0.25) is 5.91 Å². The second-order valence-corrected chi connectivity index (χ2v) is 5.37. The zero-order valence-electron chi connectivity index (χ0n) is 13.9. The molecule has 25 heavy (non-hydrogen) atoms. The normalized spacial score (nSPS) is 10.1. The summed E-state index contributed by atoms with van der Waals surface area (Å²) in [6.45, 7) is 1.81. The molecule has 1 aromatic heterocycles. The first-order chi connectivity index (χ1) is 12.2. The maximum atomic E-state index is 11.4. The molecular formula is C20H19N3O2. The molecule has 0 aliphatic heterocycles. The lowest BCUT2D eigenvalue weighted by atomic mass is 10.2. The van der Waals surface area contributed by atoms with E-state index in [0.29, 0.717) is 23.7 Å². The minimum atomic E-state index is -0.0379. The third kappa shape index (κ3) is 4.57. The molecule has 5 heteroatoms. The topological polar surface area (TPSA) is 63.2 Å². The molecule has 2 N–H and O–H groups in total. The van der Waals surface area contributed by atoms with Crippen LogP contribution in [0.25, 0.3) is 0 Å². The average Bonchev–Trinajstić information content (AvgIpc) is 2.65. The zero-order chi connectivity index (χ0) is 17.5. The number of carbonyl (C=O) groups excluding carboxylic acids is 1. The Morgan fingerprint density at radius 1 is 1.00 bits per heavy atom. The van der Waals surface area contributed by atoms with Crippen LogP contribution in [0.4, 0.5) is 17.2 Å². The Hall–Kier alpha value is -3.34.